The Morgan fingerprint density at radius 3 is 2.33 bits per heavy atom. The Labute approximate surface area is 76.7 Å². The number of nitrogens with one attached hydrogen (secondary N) is 1. The van der Waals surface area contributed by atoms with E-state index < -0.39 is 0 Å². The van der Waals surface area contributed by atoms with Crippen molar-refractivity contribution in [2.24, 2.45) is 0 Å². The third-order valence-corrected chi connectivity index (χ3v) is 2.18. The van der Waals surface area contributed by atoms with E-state index in [1.54, 1.807) is 7.11 Å². The van der Waals surface area contributed by atoms with Gasteiger partial charge in [-0.25, -0.2) is 0 Å². The summed E-state index contributed by atoms with van der Waals surface area (Å²) < 4.78 is 5.19. The summed E-state index contributed by atoms with van der Waals surface area (Å²) in [7, 11) is 3.70. The highest BCUT2D eigenvalue weighted by Crippen LogP contribution is 2.07. The summed E-state index contributed by atoms with van der Waals surface area (Å²) in [5.41, 5.74) is 0. The van der Waals surface area contributed by atoms with Gasteiger partial charge in [0.15, 0.2) is 0 Å². The molecule has 0 aliphatic carbocycles. The van der Waals surface area contributed by atoms with Gasteiger partial charge in [-0.1, -0.05) is 32.6 Å². The summed E-state index contributed by atoms with van der Waals surface area (Å²) in [4.78, 5) is 0. The maximum Gasteiger partial charge on any atom is 0.107 e. The van der Waals surface area contributed by atoms with E-state index in [2.05, 4.69) is 12.2 Å². The third kappa shape index (κ3) is 6.62. The van der Waals surface area contributed by atoms with Gasteiger partial charge in [-0.3, -0.25) is 5.32 Å². The summed E-state index contributed by atoms with van der Waals surface area (Å²) >= 11 is 0. The molecule has 0 aromatic carbocycles. The maximum absolute atomic E-state index is 5.19. The maximum atomic E-state index is 5.19. The van der Waals surface area contributed by atoms with Gasteiger partial charge < -0.3 is 4.74 Å². The van der Waals surface area contributed by atoms with E-state index in [1.165, 1.54) is 32.1 Å². The minimum Gasteiger partial charge on any atom is -0.367 e. The predicted molar refractivity (Wildman–Crippen MR) is 53.2 cm³/mol. The van der Waals surface area contributed by atoms with Crippen LogP contribution in [0.4, 0.5) is 0 Å². The summed E-state index contributed by atoms with van der Waals surface area (Å²) in [6.45, 7) is 2.24. The van der Waals surface area contributed by atoms with E-state index in [1.807, 2.05) is 7.05 Å². The monoisotopic (exact) mass is 173 g/mol. The van der Waals surface area contributed by atoms with Crippen LogP contribution in [0, 0.1) is 0 Å². The summed E-state index contributed by atoms with van der Waals surface area (Å²) in [5.74, 6) is 0. The fourth-order valence-electron chi connectivity index (χ4n) is 1.31. The molecule has 0 spiro atoms. The lowest BCUT2D eigenvalue weighted by Gasteiger charge is -2.13. The topological polar surface area (TPSA) is 21.3 Å². The Bertz CT molecular complexity index is 81.9. The normalized spacial score (nSPS) is 13.2. The molecular formula is C10H23NO. The van der Waals surface area contributed by atoms with Gasteiger partial charge in [-0.05, 0) is 19.9 Å². The predicted octanol–water partition coefficient (Wildman–Crippen LogP) is 2.54. The Morgan fingerprint density at radius 2 is 1.83 bits per heavy atom. The van der Waals surface area contributed by atoms with Crippen LogP contribution in [0.25, 0.3) is 0 Å². The summed E-state index contributed by atoms with van der Waals surface area (Å²) in [6.07, 6.45) is 8.07. The van der Waals surface area contributed by atoms with Crippen molar-refractivity contribution in [1.82, 2.24) is 5.32 Å². The molecule has 0 fully saturated rings. The van der Waals surface area contributed by atoms with Crippen LogP contribution in [0.3, 0.4) is 0 Å². The van der Waals surface area contributed by atoms with Crippen molar-refractivity contribution in [3.63, 3.8) is 0 Å². The van der Waals surface area contributed by atoms with E-state index in [4.69, 9.17) is 4.74 Å². The van der Waals surface area contributed by atoms with E-state index in [0.29, 0.717) is 0 Å². The van der Waals surface area contributed by atoms with Crippen molar-refractivity contribution < 1.29 is 4.74 Å². The largest absolute Gasteiger partial charge is 0.367 e. The number of methoxy groups -OCH3 is 1. The van der Waals surface area contributed by atoms with Gasteiger partial charge in [0, 0.05) is 7.11 Å². The van der Waals surface area contributed by atoms with Crippen molar-refractivity contribution in [3.05, 3.63) is 0 Å². The molecule has 0 aliphatic heterocycles. The zero-order valence-electron chi connectivity index (χ0n) is 8.73. The average Bonchev–Trinajstić information content (AvgIpc) is 2.11. The molecule has 0 saturated carbocycles. The number of hydrogen-bond donors (Lipinski definition) is 1. The molecule has 74 valence electrons. The van der Waals surface area contributed by atoms with Crippen LogP contribution >= 0.6 is 0 Å². The Hall–Kier alpha value is -0.0800. The van der Waals surface area contributed by atoms with Crippen LogP contribution < -0.4 is 5.32 Å². The van der Waals surface area contributed by atoms with Crippen molar-refractivity contribution in [3.8, 4) is 0 Å². The molecule has 0 radical (unpaired) electrons. The standard InChI is InChI=1S/C10H23NO/c1-4-5-6-7-8-9-10(11-2)12-3/h10-11H,4-9H2,1-3H3. The van der Waals surface area contributed by atoms with E-state index in [0.717, 1.165) is 6.42 Å². The Morgan fingerprint density at radius 1 is 1.17 bits per heavy atom. The second-order valence-corrected chi connectivity index (χ2v) is 3.22. The lowest BCUT2D eigenvalue weighted by atomic mass is 10.1. The average molecular weight is 173 g/mol. The summed E-state index contributed by atoms with van der Waals surface area (Å²) in [6, 6.07) is 0. The second-order valence-electron chi connectivity index (χ2n) is 3.22. The highest BCUT2D eigenvalue weighted by atomic mass is 16.5. The molecule has 1 N–H and O–H groups in total. The second kappa shape index (κ2) is 9.01. The van der Waals surface area contributed by atoms with Crippen LogP contribution in [-0.4, -0.2) is 20.4 Å². The van der Waals surface area contributed by atoms with Crippen LogP contribution in [-0.2, 0) is 4.74 Å². The van der Waals surface area contributed by atoms with Crippen molar-refractivity contribution in [2.45, 2.75) is 51.7 Å². The van der Waals surface area contributed by atoms with Gasteiger partial charge in [0.2, 0.25) is 0 Å². The lowest BCUT2D eigenvalue weighted by molar-refractivity contribution is 0.0713. The summed E-state index contributed by atoms with van der Waals surface area (Å²) in [5, 5.41) is 3.12. The van der Waals surface area contributed by atoms with Crippen LogP contribution in [0.2, 0.25) is 0 Å². The number of rotatable bonds is 8. The first-order valence-corrected chi connectivity index (χ1v) is 5.05. The third-order valence-electron chi connectivity index (χ3n) is 2.18. The smallest absolute Gasteiger partial charge is 0.107 e. The molecule has 0 saturated heterocycles. The van der Waals surface area contributed by atoms with Gasteiger partial charge in [0.05, 0.1) is 0 Å². The highest BCUT2D eigenvalue weighted by molar-refractivity contribution is 4.52. The zero-order chi connectivity index (χ0) is 9.23. The molecule has 2 nitrogen and oxygen atoms in total. The minimum absolute atomic E-state index is 0.256. The molecule has 0 aromatic rings. The van der Waals surface area contributed by atoms with Crippen molar-refractivity contribution in [1.29, 1.82) is 0 Å². The number of unbranched alkanes of at least 4 members (excludes halogenated alkanes) is 4. The molecule has 0 bridgehead atoms. The fourth-order valence-corrected chi connectivity index (χ4v) is 1.31. The molecule has 0 amide bonds. The van der Waals surface area contributed by atoms with Gasteiger partial charge >= 0.3 is 0 Å². The SMILES string of the molecule is CCCCCCCC(NC)OC. The van der Waals surface area contributed by atoms with Crippen LogP contribution in [0.1, 0.15) is 45.4 Å². The minimum atomic E-state index is 0.256. The molecule has 0 aromatic heterocycles. The molecular weight excluding hydrogens is 150 g/mol. The number of hydrogen-bond acceptors (Lipinski definition) is 2. The molecule has 1 unspecified atom stereocenters. The van der Waals surface area contributed by atoms with E-state index in [9.17, 15) is 0 Å². The van der Waals surface area contributed by atoms with E-state index >= 15 is 0 Å². The van der Waals surface area contributed by atoms with Crippen LogP contribution in [0.5, 0.6) is 0 Å². The van der Waals surface area contributed by atoms with Crippen LogP contribution in [0.15, 0.2) is 0 Å². The van der Waals surface area contributed by atoms with Gasteiger partial charge in [0.1, 0.15) is 6.23 Å². The first-order valence-electron chi connectivity index (χ1n) is 5.05. The number of ether oxygens (including phenoxy) is 1. The van der Waals surface area contributed by atoms with Crippen molar-refractivity contribution >= 4 is 0 Å². The first kappa shape index (κ1) is 11.9. The Kier molecular flexibility index (Phi) is 8.95. The zero-order valence-corrected chi connectivity index (χ0v) is 8.73. The highest BCUT2D eigenvalue weighted by Gasteiger charge is 2.01. The first-order chi connectivity index (χ1) is 5.85. The molecule has 12 heavy (non-hydrogen) atoms. The lowest BCUT2D eigenvalue weighted by Crippen LogP contribution is -2.26. The Balaban J connectivity index is 3.06. The quantitative estimate of drug-likeness (QED) is 0.450. The van der Waals surface area contributed by atoms with Gasteiger partial charge in [-0.2, -0.15) is 0 Å². The van der Waals surface area contributed by atoms with Gasteiger partial charge in [-0.15, -0.1) is 0 Å². The molecule has 1 atom stereocenters. The van der Waals surface area contributed by atoms with Crippen molar-refractivity contribution in [2.75, 3.05) is 14.2 Å². The van der Waals surface area contributed by atoms with E-state index in [-0.39, 0.29) is 6.23 Å². The molecule has 0 aliphatic rings. The molecule has 0 heterocycles. The molecule has 2 heteroatoms. The fraction of sp³-hybridized carbons (Fsp3) is 1.00. The van der Waals surface area contributed by atoms with Gasteiger partial charge in [0.25, 0.3) is 0 Å². The molecule has 0 rings (SSSR count).